The van der Waals surface area contributed by atoms with Crippen LogP contribution in [0.2, 0.25) is 0 Å². The van der Waals surface area contributed by atoms with Crippen LogP contribution in [-0.2, 0) is 5.60 Å². The van der Waals surface area contributed by atoms with Gasteiger partial charge in [-0.2, -0.15) is 0 Å². The van der Waals surface area contributed by atoms with Gasteiger partial charge in [0.15, 0.2) is 5.60 Å². The first kappa shape index (κ1) is 14.1. The number of aromatic nitrogens is 3. The molecule has 0 fully saturated rings. The van der Waals surface area contributed by atoms with Crippen LogP contribution < -0.4 is 0 Å². The predicted molar refractivity (Wildman–Crippen MR) is 90.6 cm³/mol. The van der Waals surface area contributed by atoms with E-state index in [-0.39, 0.29) is 0 Å². The van der Waals surface area contributed by atoms with E-state index in [1.807, 2.05) is 73.0 Å². The summed E-state index contributed by atoms with van der Waals surface area (Å²) in [6.45, 7) is 1.92. The van der Waals surface area contributed by atoms with Crippen LogP contribution in [0.1, 0.15) is 22.5 Å². The maximum Gasteiger partial charge on any atom is 0.158 e. The minimum absolute atomic E-state index is 0.704. The van der Waals surface area contributed by atoms with Crippen LogP contribution in [-0.4, -0.2) is 19.9 Å². The highest BCUT2D eigenvalue weighted by atomic mass is 32.1. The molecule has 0 radical (unpaired) electrons. The Balaban J connectivity index is 2.03. The number of thiazole rings is 1. The molecule has 0 bridgehead atoms. The molecule has 0 amide bonds. The van der Waals surface area contributed by atoms with E-state index in [1.54, 1.807) is 15.9 Å². The lowest BCUT2D eigenvalue weighted by Crippen LogP contribution is -2.30. The van der Waals surface area contributed by atoms with Crippen molar-refractivity contribution >= 4 is 16.2 Å². The minimum Gasteiger partial charge on any atom is -0.374 e. The zero-order valence-corrected chi connectivity index (χ0v) is 13.4. The molecule has 0 aliphatic heterocycles. The van der Waals surface area contributed by atoms with Crippen LogP contribution in [0.5, 0.6) is 0 Å². The molecule has 5 heteroatoms. The third kappa shape index (κ3) is 2.09. The van der Waals surface area contributed by atoms with Gasteiger partial charge in [-0.25, -0.2) is 4.52 Å². The second kappa shape index (κ2) is 5.30. The molecule has 0 unspecified atom stereocenters. The molecule has 4 aromatic rings. The van der Waals surface area contributed by atoms with E-state index in [9.17, 15) is 5.11 Å². The van der Waals surface area contributed by atoms with Crippen LogP contribution in [0, 0.1) is 6.92 Å². The van der Waals surface area contributed by atoms with Gasteiger partial charge < -0.3 is 5.11 Å². The van der Waals surface area contributed by atoms with Crippen LogP contribution in [0.3, 0.4) is 0 Å². The molecule has 2 heterocycles. The largest absolute Gasteiger partial charge is 0.374 e. The smallest absolute Gasteiger partial charge is 0.158 e. The summed E-state index contributed by atoms with van der Waals surface area (Å²) in [6, 6.07) is 19.3. The maximum absolute atomic E-state index is 11.7. The maximum atomic E-state index is 11.7. The number of aryl methyl sites for hydroxylation is 1. The lowest BCUT2D eigenvalue weighted by Gasteiger charge is -2.28. The van der Waals surface area contributed by atoms with E-state index < -0.39 is 5.60 Å². The summed E-state index contributed by atoms with van der Waals surface area (Å²) < 4.78 is 1.74. The molecular formula is C18H15N3OS. The molecule has 4 nitrogen and oxygen atoms in total. The second-order valence-electron chi connectivity index (χ2n) is 5.46. The molecule has 0 saturated carbocycles. The highest BCUT2D eigenvalue weighted by Crippen LogP contribution is 2.38. The van der Waals surface area contributed by atoms with Gasteiger partial charge in [-0.15, -0.1) is 16.4 Å². The standard InChI is InChI=1S/C18H15N3OS/c1-13-17-21(20-19-13)16(12-23-17)18(22,14-8-4-2-5-9-14)15-10-6-3-7-11-15/h2-12,22H,1H3. The number of rotatable bonds is 3. The number of benzene rings is 2. The van der Waals surface area contributed by atoms with Gasteiger partial charge in [-0.05, 0) is 18.1 Å². The van der Waals surface area contributed by atoms with Crippen molar-refractivity contribution in [1.82, 2.24) is 14.8 Å². The zero-order valence-electron chi connectivity index (χ0n) is 12.5. The summed E-state index contributed by atoms with van der Waals surface area (Å²) in [5, 5.41) is 22.0. The molecule has 2 aromatic carbocycles. The van der Waals surface area contributed by atoms with E-state index in [2.05, 4.69) is 10.3 Å². The fourth-order valence-corrected chi connectivity index (χ4v) is 3.80. The molecular weight excluding hydrogens is 306 g/mol. The van der Waals surface area contributed by atoms with Crippen LogP contribution in [0.15, 0.2) is 66.0 Å². The number of hydrogen-bond acceptors (Lipinski definition) is 4. The summed E-state index contributed by atoms with van der Waals surface area (Å²) >= 11 is 1.54. The summed E-state index contributed by atoms with van der Waals surface area (Å²) in [4.78, 5) is 0.949. The minimum atomic E-state index is -1.28. The van der Waals surface area contributed by atoms with E-state index in [0.29, 0.717) is 5.69 Å². The zero-order chi connectivity index (χ0) is 15.9. The third-order valence-electron chi connectivity index (χ3n) is 4.05. The molecule has 0 aliphatic rings. The van der Waals surface area contributed by atoms with Gasteiger partial charge in [-0.1, -0.05) is 65.9 Å². The lowest BCUT2D eigenvalue weighted by atomic mass is 9.84. The fraction of sp³-hybridized carbons (Fsp3) is 0.111. The third-order valence-corrected chi connectivity index (χ3v) is 5.08. The van der Waals surface area contributed by atoms with E-state index in [0.717, 1.165) is 21.7 Å². The van der Waals surface area contributed by atoms with Crippen molar-refractivity contribution in [1.29, 1.82) is 0 Å². The van der Waals surface area contributed by atoms with Gasteiger partial charge in [0.05, 0.1) is 11.4 Å². The molecule has 0 aliphatic carbocycles. The average Bonchev–Trinajstić information content (AvgIpc) is 3.19. The Bertz CT molecular complexity index is 905. The van der Waals surface area contributed by atoms with Crippen molar-refractivity contribution in [2.75, 3.05) is 0 Å². The summed E-state index contributed by atoms with van der Waals surface area (Å²) in [7, 11) is 0. The molecule has 0 saturated heterocycles. The Kier molecular flexibility index (Phi) is 3.25. The first-order chi connectivity index (χ1) is 11.2. The summed E-state index contributed by atoms with van der Waals surface area (Å²) in [6.07, 6.45) is 0. The van der Waals surface area contributed by atoms with Gasteiger partial charge in [0.25, 0.3) is 0 Å². The molecule has 1 N–H and O–H groups in total. The van der Waals surface area contributed by atoms with Gasteiger partial charge in [0.1, 0.15) is 4.83 Å². The average molecular weight is 321 g/mol. The van der Waals surface area contributed by atoms with Crippen molar-refractivity contribution in [2.45, 2.75) is 12.5 Å². The SMILES string of the molecule is Cc1nnn2c(C(O)(c3ccccc3)c3ccccc3)csc12. The summed E-state index contributed by atoms with van der Waals surface area (Å²) in [5.41, 5.74) is 1.90. The highest BCUT2D eigenvalue weighted by Gasteiger charge is 2.37. The Morgan fingerprint density at radius 3 is 2.09 bits per heavy atom. The molecule has 0 atom stereocenters. The van der Waals surface area contributed by atoms with Gasteiger partial charge in [0.2, 0.25) is 0 Å². The molecule has 2 aromatic heterocycles. The second-order valence-corrected chi connectivity index (χ2v) is 6.31. The van der Waals surface area contributed by atoms with Crippen molar-refractivity contribution in [3.63, 3.8) is 0 Å². The Morgan fingerprint density at radius 2 is 1.52 bits per heavy atom. The number of nitrogens with zero attached hydrogens (tertiary/aromatic N) is 3. The van der Waals surface area contributed by atoms with E-state index in [1.165, 1.54) is 0 Å². The van der Waals surface area contributed by atoms with Gasteiger partial charge in [-0.3, -0.25) is 0 Å². The monoisotopic (exact) mass is 321 g/mol. The normalized spacial score (nSPS) is 11.9. The van der Waals surface area contributed by atoms with E-state index in [4.69, 9.17) is 0 Å². The van der Waals surface area contributed by atoms with Crippen molar-refractivity contribution in [2.24, 2.45) is 0 Å². The van der Waals surface area contributed by atoms with Crippen LogP contribution in [0.25, 0.3) is 4.83 Å². The van der Waals surface area contributed by atoms with E-state index >= 15 is 0 Å². The highest BCUT2D eigenvalue weighted by molar-refractivity contribution is 7.15. The Morgan fingerprint density at radius 1 is 0.957 bits per heavy atom. The Labute approximate surface area is 137 Å². The number of hydrogen-bond donors (Lipinski definition) is 1. The molecule has 23 heavy (non-hydrogen) atoms. The predicted octanol–water partition coefficient (Wildman–Crippen LogP) is 3.38. The Hall–Kier alpha value is -2.50. The quantitative estimate of drug-likeness (QED) is 0.629. The lowest BCUT2D eigenvalue weighted by molar-refractivity contribution is 0.119. The molecule has 114 valence electrons. The molecule has 0 spiro atoms. The van der Waals surface area contributed by atoms with Crippen LogP contribution in [0.4, 0.5) is 0 Å². The van der Waals surface area contributed by atoms with Crippen molar-refractivity contribution in [3.05, 3.63) is 88.6 Å². The molecule has 4 rings (SSSR count). The summed E-state index contributed by atoms with van der Waals surface area (Å²) in [5.74, 6) is 0. The van der Waals surface area contributed by atoms with Crippen molar-refractivity contribution < 1.29 is 5.11 Å². The van der Waals surface area contributed by atoms with Gasteiger partial charge in [0, 0.05) is 5.38 Å². The van der Waals surface area contributed by atoms with Gasteiger partial charge >= 0.3 is 0 Å². The van der Waals surface area contributed by atoms with Crippen molar-refractivity contribution in [3.8, 4) is 0 Å². The van der Waals surface area contributed by atoms with Crippen LogP contribution >= 0.6 is 11.3 Å². The number of aliphatic hydroxyl groups is 1. The number of fused-ring (bicyclic) bond motifs is 1. The first-order valence-corrected chi connectivity index (χ1v) is 8.22. The fourth-order valence-electron chi connectivity index (χ4n) is 2.86. The topological polar surface area (TPSA) is 50.4 Å². The first-order valence-electron chi connectivity index (χ1n) is 7.34.